The van der Waals surface area contributed by atoms with Crippen LogP contribution in [0.5, 0.6) is 28.7 Å². The van der Waals surface area contributed by atoms with Gasteiger partial charge in [0.1, 0.15) is 22.1 Å². The fourth-order valence-electron chi connectivity index (χ4n) is 5.40. The summed E-state index contributed by atoms with van der Waals surface area (Å²) in [4.78, 5) is 40.8. The van der Waals surface area contributed by atoms with Crippen molar-refractivity contribution in [3.8, 4) is 28.7 Å². The third-order valence-electron chi connectivity index (χ3n) is 7.16. The molecule has 0 fully saturated rings. The van der Waals surface area contributed by atoms with E-state index < -0.39 is 29.0 Å². The lowest BCUT2D eigenvalue weighted by atomic mass is 9.66. The standard InChI is InChI=1S/C26H24ClNO8/c1-11-7-14-20(13(9-19(30)28-14)12-5-6-16(33-2)15(29)8-12)24(31)26(11)25(32)21-17(34-3)10-18(35-4)22(27)23(21)36-26/h5-6,8,10-11,13,29H,7,9H2,1-4H3,(H,28,30)/t11-,13?,26+/m1/s1. The van der Waals surface area contributed by atoms with E-state index in [1.54, 1.807) is 19.1 Å². The Kier molecular flexibility index (Phi) is 5.63. The van der Waals surface area contributed by atoms with Crippen LogP contribution in [0.1, 0.15) is 41.6 Å². The van der Waals surface area contributed by atoms with Crippen LogP contribution in [-0.2, 0) is 9.59 Å². The molecule has 2 heterocycles. The highest BCUT2D eigenvalue weighted by atomic mass is 35.5. The number of Topliss-reactive ketones (excluding diaryl/α,β-unsaturated/α-hetero) is 2. The fraction of sp³-hybridized carbons (Fsp3) is 0.346. The maximum atomic E-state index is 14.3. The minimum atomic E-state index is -1.89. The summed E-state index contributed by atoms with van der Waals surface area (Å²) in [6.45, 7) is 1.72. The Bertz CT molecular complexity index is 1370. The van der Waals surface area contributed by atoms with Crippen LogP contribution in [0.3, 0.4) is 0 Å². The second kappa shape index (κ2) is 8.44. The number of benzene rings is 2. The number of nitrogens with one attached hydrogen (secondary N) is 1. The molecule has 36 heavy (non-hydrogen) atoms. The van der Waals surface area contributed by atoms with Crippen molar-refractivity contribution in [1.82, 2.24) is 5.32 Å². The zero-order chi connectivity index (χ0) is 25.9. The minimum Gasteiger partial charge on any atom is -0.504 e. The molecule has 2 aliphatic heterocycles. The van der Waals surface area contributed by atoms with Gasteiger partial charge in [-0.1, -0.05) is 24.6 Å². The van der Waals surface area contributed by atoms with Gasteiger partial charge in [-0.15, -0.1) is 0 Å². The molecule has 2 aromatic rings. The molecule has 1 spiro atoms. The van der Waals surface area contributed by atoms with E-state index in [9.17, 15) is 19.5 Å². The van der Waals surface area contributed by atoms with E-state index in [1.807, 2.05) is 0 Å². The van der Waals surface area contributed by atoms with E-state index in [4.69, 9.17) is 30.5 Å². The number of amides is 1. The molecule has 10 heteroatoms. The monoisotopic (exact) mass is 513 g/mol. The number of hydrogen-bond donors (Lipinski definition) is 2. The number of allylic oxidation sites excluding steroid dienone is 1. The first-order chi connectivity index (χ1) is 17.2. The summed E-state index contributed by atoms with van der Waals surface area (Å²) in [5.74, 6) is -2.13. The number of aromatic hydroxyl groups is 1. The van der Waals surface area contributed by atoms with E-state index in [-0.39, 0.29) is 63.7 Å². The molecule has 188 valence electrons. The van der Waals surface area contributed by atoms with Gasteiger partial charge in [0.25, 0.3) is 0 Å². The smallest absolute Gasteiger partial charge is 0.236 e. The van der Waals surface area contributed by atoms with E-state index in [0.717, 1.165) is 0 Å². The van der Waals surface area contributed by atoms with Gasteiger partial charge in [-0.2, -0.15) is 0 Å². The second-order valence-electron chi connectivity index (χ2n) is 9.03. The highest BCUT2D eigenvalue weighted by Crippen LogP contribution is 2.55. The molecule has 1 amide bonds. The summed E-state index contributed by atoms with van der Waals surface area (Å²) in [6, 6.07) is 6.18. The van der Waals surface area contributed by atoms with Gasteiger partial charge in [-0.3, -0.25) is 14.4 Å². The zero-order valence-electron chi connectivity index (χ0n) is 20.1. The molecule has 0 aromatic heterocycles. The van der Waals surface area contributed by atoms with Crippen molar-refractivity contribution >= 4 is 29.1 Å². The number of rotatable bonds is 4. The molecule has 0 radical (unpaired) electrons. The second-order valence-corrected chi connectivity index (χ2v) is 9.41. The van der Waals surface area contributed by atoms with Crippen LogP contribution in [0.15, 0.2) is 35.5 Å². The molecule has 0 saturated carbocycles. The van der Waals surface area contributed by atoms with Crippen molar-refractivity contribution in [2.75, 3.05) is 21.3 Å². The van der Waals surface area contributed by atoms with Crippen molar-refractivity contribution in [1.29, 1.82) is 0 Å². The average Bonchev–Trinajstić information content (AvgIpc) is 3.17. The van der Waals surface area contributed by atoms with Gasteiger partial charge < -0.3 is 29.4 Å². The molecule has 3 atom stereocenters. The van der Waals surface area contributed by atoms with Crippen LogP contribution < -0.4 is 24.3 Å². The summed E-state index contributed by atoms with van der Waals surface area (Å²) in [6.07, 6.45) is 0.169. The Morgan fingerprint density at radius 1 is 1.00 bits per heavy atom. The largest absolute Gasteiger partial charge is 0.504 e. The number of methoxy groups -OCH3 is 3. The quantitative estimate of drug-likeness (QED) is 0.595. The van der Waals surface area contributed by atoms with Gasteiger partial charge >= 0.3 is 0 Å². The molecule has 9 nitrogen and oxygen atoms in total. The molecule has 3 aliphatic rings. The van der Waals surface area contributed by atoms with E-state index >= 15 is 0 Å². The van der Waals surface area contributed by atoms with E-state index in [0.29, 0.717) is 11.3 Å². The number of ketones is 2. The number of hydrogen-bond acceptors (Lipinski definition) is 8. The van der Waals surface area contributed by atoms with Crippen LogP contribution in [0.25, 0.3) is 0 Å². The molecular weight excluding hydrogens is 490 g/mol. The van der Waals surface area contributed by atoms with Crippen LogP contribution in [0, 0.1) is 5.92 Å². The Hall–Kier alpha value is -3.72. The lowest BCUT2D eigenvalue weighted by Gasteiger charge is -2.41. The first-order valence-corrected chi connectivity index (χ1v) is 11.7. The Labute approximate surface area is 211 Å². The number of carbonyl (C=O) groups excluding carboxylic acids is 3. The highest BCUT2D eigenvalue weighted by Gasteiger charge is 2.63. The Morgan fingerprint density at radius 3 is 2.33 bits per heavy atom. The topological polar surface area (TPSA) is 120 Å². The van der Waals surface area contributed by atoms with Crippen molar-refractivity contribution in [3.63, 3.8) is 0 Å². The van der Waals surface area contributed by atoms with Crippen LogP contribution >= 0.6 is 11.6 Å². The number of halogens is 1. The predicted octanol–water partition coefficient (Wildman–Crippen LogP) is 3.55. The molecule has 0 saturated heterocycles. The van der Waals surface area contributed by atoms with Crippen molar-refractivity contribution < 1.29 is 38.4 Å². The first-order valence-electron chi connectivity index (χ1n) is 11.3. The zero-order valence-corrected chi connectivity index (χ0v) is 20.8. The molecule has 2 aromatic carbocycles. The highest BCUT2D eigenvalue weighted by molar-refractivity contribution is 6.36. The van der Waals surface area contributed by atoms with Gasteiger partial charge in [-0.25, -0.2) is 0 Å². The lowest BCUT2D eigenvalue weighted by Crippen LogP contribution is -2.59. The fourth-order valence-corrected chi connectivity index (χ4v) is 5.66. The number of ether oxygens (including phenoxy) is 4. The number of carbonyl (C=O) groups is 3. The van der Waals surface area contributed by atoms with Crippen LogP contribution in [-0.4, -0.2) is 49.5 Å². The van der Waals surface area contributed by atoms with Gasteiger partial charge in [-0.05, 0) is 24.1 Å². The predicted molar refractivity (Wildman–Crippen MR) is 128 cm³/mol. The van der Waals surface area contributed by atoms with Gasteiger partial charge in [0.15, 0.2) is 17.2 Å². The molecular formula is C26H24ClNO8. The van der Waals surface area contributed by atoms with Gasteiger partial charge in [0.2, 0.25) is 23.1 Å². The van der Waals surface area contributed by atoms with Gasteiger partial charge in [0, 0.05) is 35.6 Å². The number of phenolic OH excluding ortho intramolecular Hbond substituents is 1. The Balaban J connectivity index is 1.66. The summed E-state index contributed by atoms with van der Waals surface area (Å²) < 4.78 is 22.0. The normalized spacial score (nSPS) is 24.8. The number of fused-ring (bicyclic) bond motifs is 1. The van der Waals surface area contributed by atoms with Crippen LogP contribution in [0.4, 0.5) is 0 Å². The minimum absolute atomic E-state index is 0.0283. The summed E-state index contributed by atoms with van der Waals surface area (Å²) in [5.41, 5.74) is -0.572. The summed E-state index contributed by atoms with van der Waals surface area (Å²) in [7, 11) is 4.25. The molecule has 1 unspecified atom stereocenters. The SMILES string of the molecule is COc1ccc(C2CC(=O)NC3=C2C(=O)[C@@]2(Oc4c(Cl)c(OC)cc(OC)c4C2=O)[C@H](C)C3)cc1O. The number of phenols is 1. The summed E-state index contributed by atoms with van der Waals surface area (Å²) >= 11 is 6.50. The van der Waals surface area contributed by atoms with Crippen molar-refractivity contribution in [2.24, 2.45) is 5.92 Å². The van der Waals surface area contributed by atoms with Gasteiger partial charge in [0.05, 0.1) is 21.3 Å². The third kappa shape index (κ3) is 3.19. The van der Waals surface area contributed by atoms with E-state index in [1.165, 1.54) is 33.5 Å². The first kappa shape index (κ1) is 24.0. The maximum Gasteiger partial charge on any atom is 0.236 e. The van der Waals surface area contributed by atoms with Crippen LogP contribution in [0.2, 0.25) is 5.02 Å². The van der Waals surface area contributed by atoms with E-state index in [2.05, 4.69) is 5.32 Å². The average molecular weight is 514 g/mol. The van der Waals surface area contributed by atoms with Crippen molar-refractivity contribution in [2.45, 2.75) is 31.3 Å². The maximum absolute atomic E-state index is 14.3. The summed E-state index contributed by atoms with van der Waals surface area (Å²) in [5, 5.41) is 13.2. The molecule has 2 N–H and O–H groups in total. The molecule has 5 rings (SSSR count). The Morgan fingerprint density at radius 2 is 1.69 bits per heavy atom. The molecule has 0 bridgehead atoms. The van der Waals surface area contributed by atoms with Crippen molar-refractivity contribution in [3.05, 3.63) is 51.7 Å². The lowest BCUT2D eigenvalue weighted by molar-refractivity contribution is -0.131. The third-order valence-corrected chi connectivity index (χ3v) is 7.52. The molecule has 1 aliphatic carbocycles.